The molecule has 37 heavy (non-hydrogen) atoms. The van der Waals surface area contributed by atoms with Gasteiger partial charge in [0.1, 0.15) is 12.3 Å². The van der Waals surface area contributed by atoms with Crippen LogP contribution in [-0.4, -0.2) is 28.0 Å². The first-order valence-electron chi connectivity index (χ1n) is 11.9. The molecular formula is C30H30N2O4S. The molecule has 1 N–H and O–H groups in total. The maximum absolute atomic E-state index is 13.7. The number of carbonyl (C=O) groups excluding carboxylic acids is 1. The van der Waals surface area contributed by atoms with Gasteiger partial charge in [-0.05, 0) is 66.9 Å². The van der Waals surface area contributed by atoms with E-state index in [-0.39, 0.29) is 4.90 Å². The Morgan fingerprint density at radius 1 is 0.838 bits per heavy atom. The van der Waals surface area contributed by atoms with Gasteiger partial charge in [-0.3, -0.25) is 9.10 Å². The van der Waals surface area contributed by atoms with Gasteiger partial charge in [0.15, 0.2) is 0 Å². The summed E-state index contributed by atoms with van der Waals surface area (Å²) in [4.78, 5) is 13.6. The van der Waals surface area contributed by atoms with E-state index in [1.54, 1.807) is 55.6 Å². The van der Waals surface area contributed by atoms with E-state index in [9.17, 15) is 13.2 Å². The molecule has 0 aromatic heterocycles. The Bertz CT molecular complexity index is 1450. The number of hydrogen-bond acceptors (Lipinski definition) is 4. The molecule has 4 rings (SSSR count). The number of carbonyl (C=O) groups is 1. The molecular weight excluding hydrogens is 484 g/mol. The Kier molecular flexibility index (Phi) is 7.94. The summed E-state index contributed by atoms with van der Waals surface area (Å²) in [7, 11) is -2.49. The Balaban J connectivity index is 1.70. The van der Waals surface area contributed by atoms with Crippen molar-refractivity contribution in [2.24, 2.45) is 0 Å². The lowest BCUT2D eigenvalue weighted by atomic mass is 9.95. The van der Waals surface area contributed by atoms with Crippen LogP contribution < -0.4 is 14.4 Å². The summed E-state index contributed by atoms with van der Waals surface area (Å²) < 4.78 is 33.8. The third-order valence-electron chi connectivity index (χ3n) is 6.19. The summed E-state index contributed by atoms with van der Waals surface area (Å²) in [5, 5.41) is 3.08. The fourth-order valence-electron chi connectivity index (χ4n) is 4.13. The van der Waals surface area contributed by atoms with Crippen molar-refractivity contribution in [1.29, 1.82) is 0 Å². The first-order valence-corrected chi connectivity index (χ1v) is 13.4. The molecule has 4 aromatic carbocycles. The standard InChI is InChI=1S/C30H30N2O4S/c1-22-13-19-27(20-14-22)37(34,35)32(25-15-17-26(36-3)18-16-25)21-29(33)31-30(24-10-5-4-6-11-24)28-12-8-7-9-23(28)2/h4-20,30H,21H2,1-3H3,(H,31,33)/t30-/m1/s1. The van der Waals surface area contributed by atoms with Crippen molar-refractivity contribution in [2.45, 2.75) is 24.8 Å². The molecule has 0 unspecified atom stereocenters. The maximum atomic E-state index is 13.7. The Hall–Kier alpha value is -4.10. The van der Waals surface area contributed by atoms with Crippen molar-refractivity contribution in [1.82, 2.24) is 5.32 Å². The molecule has 0 fully saturated rings. The minimum Gasteiger partial charge on any atom is -0.497 e. The van der Waals surface area contributed by atoms with Gasteiger partial charge in [-0.2, -0.15) is 0 Å². The number of benzene rings is 4. The molecule has 7 heteroatoms. The first-order chi connectivity index (χ1) is 17.8. The van der Waals surface area contributed by atoms with Crippen molar-refractivity contribution >= 4 is 21.6 Å². The third-order valence-corrected chi connectivity index (χ3v) is 7.98. The lowest BCUT2D eigenvalue weighted by Gasteiger charge is -2.27. The molecule has 1 amide bonds. The van der Waals surface area contributed by atoms with E-state index in [0.717, 1.165) is 26.6 Å². The van der Waals surface area contributed by atoms with Crippen LogP contribution in [0.4, 0.5) is 5.69 Å². The molecule has 1 atom stereocenters. The lowest BCUT2D eigenvalue weighted by molar-refractivity contribution is -0.120. The molecule has 0 aliphatic carbocycles. The van der Waals surface area contributed by atoms with Crippen LogP contribution in [0.5, 0.6) is 5.75 Å². The Labute approximate surface area is 218 Å². The second kappa shape index (κ2) is 11.3. The van der Waals surface area contributed by atoms with E-state index >= 15 is 0 Å². The van der Waals surface area contributed by atoms with Gasteiger partial charge in [0.05, 0.1) is 23.7 Å². The van der Waals surface area contributed by atoms with Gasteiger partial charge >= 0.3 is 0 Å². The minimum atomic E-state index is -4.03. The number of rotatable bonds is 9. The summed E-state index contributed by atoms with van der Waals surface area (Å²) in [6, 6.07) is 30.2. The maximum Gasteiger partial charge on any atom is 0.264 e. The number of nitrogens with zero attached hydrogens (tertiary/aromatic N) is 1. The van der Waals surface area contributed by atoms with E-state index < -0.39 is 28.5 Å². The van der Waals surface area contributed by atoms with E-state index in [2.05, 4.69) is 5.32 Å². The predicted octanol–water partition coefficient (Wildman–Crippen LogP) is 5.41. The molecule has 0 aliphatic rings. The monoisotopic (exact) mass is 514 g/mol. The smallest absolute Gasteiger partial charge is 0.264 e. The average molecular weight is 515 g/mol. The Morgan fingerprint density at radius 3 is 2.08 bits per heavy atom. The van der Waals surface area contributed by atoms with Crippen molar-refractivity contribution in [2.75, 3.05) is 18.0 Å². The summed E-state index contributed by atoms with van der Waals surface area (Å²) in [5.41, 5.74) is 4.18. The first kappa shape index (κ1) is 26.0. The largest absolute Gasteiger partial charge is 0.497 e. The van der Waals surface area contributed by atoms with Gasteiger partial charge in [0, 0.05) is 0 Å². The van der Waals surface area contributed by atoms with E-state index in [0.29, 0.717) is 11.4 Å². The van der Waals surface area contributed by atoms with Gasteiger partial charge in [0.2, 0.25) is 5.91 Å². The van der Waals surface area contributed by atoms with Crippen LogP contribution >= 0.6 is 0 Å². The normalized spacial score (nSPS) is 12.0. The number of aryl methyl sites for hydroxylation is 2. The van der Waals surface area contributed by atoms with Crippen LogP contribution in [0.15, 0.2) is 108 Å². The number of sulfonamides is 1. The number of anilines is 1. The quantitative estimate of drug-likeness (QED) is 0.324. The number of amides is 1. The average Bonchev–Trinajstić information content (AvgIpc) is 2.91. The van der Waals surface area contributed by atoms with Crippen molar-refractivity contribution in [3.8, 4) is 5.75 Å². The molecule has 0 saturated heterocycles. The molecule has 0 aliphatic heterocycles. The van der Waals surface area contributed by atoms with Crippen LogP contribution in [0.2, 0.25) is 0 Å². The zero-order chi connectivity index (χ0) is 26.4. The second-order valence-corrected chi connectivity index (χ2v) is 10.7. The van der Waals surface area contributed by atoms with E-state index in [1.165, 1.54) is 0 Å². The highest BCUT2D eigenvalue weighted by Crippen LogP contribution is 2.28. The van der Waals surface area contributed by atoms with E-state index in [1.807, 2.05) is 68.4 Å². The van der Waals surface area contributed by atoms with Gasteiger partial charge < -0.3 is 10.1 Å². The molecule has 4 aromatic rings. The van der Waals surface area contributed by atoms with Crippen LogP contribution in [0, 0.1) is 13.8 Å². The van der Waals surface area contributed by atoms with Crippen molar-refractivity contribution < 1.29 is 17.9 Å². The molecule has 0 spiro atoms. The molecule has 0 bridgehead atoms. The molecule has 0 saturated carbocycles. The fourth-order valence-corrected chi connectivity index (χ4v) is 5.56. The number of hydrogen-bond donors (Lipinski definition) is 1. The van der Waals surface area contributed by atoms with Gasteiger partial charge in [-0.1, -0.05) is 72.3 Å². The SMILES string of the molecule is COc1ccc(N(CC(=O)N[C@H](c2ccccc2)c2ccccc2C)S(=O)(=O)c2ccc(C)cc2)cc1. The highest BCUT2D eigenvalue weighted by Gasteiger charge is 2.28. The molecule has 190 valence electrons. The summed E-state index contributed by atoms with van der Waals surface area (Å²) in [6.07, 6.45) is 0. The van der Waals surface area contributed by atoms with Crippen molar-refractivity contribution in [3.63, 3.8) is 0 Å². The fraction of sp³-hybridized carbons (Fsp3) is 0.167. The predicted molar refractivity (Wildman–Crippen MR) is 146 cm³/mol. The summed E-state index contributed by atoms with van der Waals surface area (Å²) in [5.74, 6) is 0.160. The van der Waals surface area contributed by atoms with Crippen molar-refractivity contribution in [3.05, 3.63) is 125 Å². The van der Waals surface area contributed by atoms with Crippen LogP contribution in [0.25, 0.3) is 0 Å². The second-order valence-electron chi connectivity index (χ2n) is 8.79. The number of ether oxygens (including phenoxy) is 1. The lowest BCUT2D eigenvalue weighted by Crippen LogP contribution is -2.42. The summed E-state index contributed by atoms with van der Waals surface area (Å²) >= 11 is 0. The number of methoxy groups -OCH3 is 1. The van der Waals surface area contributed by atoms with Gasteiger partial charge in [0.25, 0.3) is 10.0 Å². The highest BCUT2D eigenvalue weighted by molar-refractivity contribution is 7.92. The zero-order valence-electron chi connectivity index (χ0n) is 21.1. The highest BCUT2D eigenvalue weighted by atomic mass is 32.2. The van der Waals surface area contributed by atoms with Crippen LogP contribution in [-0.2, 0) is 14.8 Å². The van der Waals surface area contributed by atoms with E-state index in [4.69, 9.17) is 4.74 Å². The molecule has 6 nitrogen and oxygen atoms in total. The molecule has 0 radical (unpaired) electrons. The van der Waals surface area contributed by atoms with Crippen LogP contribution in [0.1, 0.15) is 28.3 Å². The minimum absolute atomic E-state index is 0.111. The number of nitrogens with one attached hydrogen (secondary N) is 1. The van der Waals surface area contributed by atoms with Gasteiger partial charge in [-0.25, -0.2) is 8.42 Å². The Morgan fingerprint density at radius 2 is 1.46 bits per heavy atom. The topological polar surface area (TPSA) is 75.7 Å². The zero-order valence-corrected chi connectivity index (χ0v) is 21.9. The van der Waals surface area contributed by atoms with Crippen LogP contribution in [0.3, 0.4) is 0 Å². The third kappa shape index (κ3) is 6.01. The molecule has 0 heterocycles. The van der Waals surface area contributed by atoms with Gasteiger partial charge in [-0.15, -0.1) is 0 Å². The summed E-state index contributed by atoms with van der Waals surface area (Å²) in [6.45, 7) is 3.49.